The molecule has 0 radical (unpaired) electrons. The molecule has 61 heavy (non-hydrogen) atoms. The van der Waals surface area contributed by atoms with Crippen molar-refractivity contribution in [3.05, 3.63) is 111 Å². The van der Waals surface area contributed by atoms with E-state index in [1.165, 1.54) is 96.0 Å². The highest BCUT2D eigenvalue weighted by Gasteiger charge is 2.51. The number of benzene rings is 4. The van der Waals surface area contributed by atoms with Crippen molar-refractivity contribution in [1.82, 2.24) is 0 Å². The van der Waals surface area contributed by atoms with Crippen molar-refractivity contribution in [1.29, 1.82) is 0 Å². The quantitative estimate of drug-likeness (QED) is 0.160. The zero-order chi connectivity index (χ0) is 44.9. The van der Waals surface area contributed by atoms with Crippen molar-refractivity contribution in [2.75, 3.05) is 9.80 Å². The number of nitrogens with zero attached hydrogens (tertiary/aromatic N) is 2. The lowest BCUT2D eigenvalue weighted by atomic mass is 9.35. The van der Waals surface area contributed by atoms with Gasteiger partial charge in [-0.2, -0.15) is 11.3 Å². The Morgan fingerprint density at radius 2 is 0.918 bits per heavy atom. The van der Waals surface area contributed by atoms with Crippen molar-refractivity contribution in [3.63, 3.8) is 0 Å². The van der Waals surface area contributed by atoms with Gasteiger partial charge in [0.25, 0.3) is 6.71 Å². The van der Waals surface area contributed by atoms with Crippen molar-refractivity contribution in [3.8, 4) is 0 Å². The van der Waals surface area contributed by atoms with Gasteiger partial charge in [0.1, 0.15) is 0 Å². The van der Waals surface area contributed by atoms with Gasteiger partial charge in [-0.15, -0.1) is 0 Å². The molecule has 5 aromatic rings. The maximum absolute atomic E-state index is 2.77. The average molecular weight is 831 g/mol. The highest BCUT2D eigenvalue weighted by atomic mass is 32.1. The predicted molar refractivity (Wildman–Crippen MR) is 272 cm³/mol. The topological polar surface area (TPSA) is 6.48 Å². The molecule has 1 aromatic heterocycles. The molecular formula is C57H75BN2S. The van der Waals surface area contributed by atoms with Crippen LogP contribution >= 0.6 is 11.3 Å². The third-order valence-corrected chi connectivity index (χ3v) is 16.0. The second kappa shape index (κ2) is 13.6. The molecule has 322 valence electrons. The van der Waals surface area contributed by atoms with Crippen LogP contribution in [0.2, 0.25) is 0 Å². The summed E-state index contributed by atoms with van der Waals surface area (Å²) < 4.78 is 1.51. The number of rotatable bonds is 2. The molecule has 0 unspecified atom stereocenters. The molecule has 4 aromatic carbocycles. The van der Waals surface area contributed by atoms with Crippen LogP contribution in [0.25, 0.3) is 0 Å². The summed E-state index contributed by atoms with van der Waals surface area (Å²) in [5.74, 6) is 0. The van der Waals surface area contributed by atoms with Gasteiger partial charge in [-0.25, -0.2) is 0 Å². The van der Waals surface area contributed by atoms with Crippen molar-refractivity contribution >= 4 is 67.9 Å². The van der Waals surface area contributed by atoms with Crippen LogP contribution in [-0.2, 0) is 37.9 Å². The molecule has 0 N–H and O–H groups in total. The minimum Gasteiger partial charge on any atom is -0.311 e. The number of hydrogen-bond donors (Lipinski definition) is 0. The second-order valence-electron chi connectivity index (χ2n) is 25.7. The third-order valence-electron chi connectivity index (χ3n) is 14.4. The normalized spacial score (nSPS) is 17.2. The molecule has 3 aliphatic rings. The maximum atomic E-state index is 2.77. The first kappa shape index (κ1) is 43.9. The van der Waals surface area contributed by atoms with Crippen LogP contribution < -0.4 is 25.5 Å². The Balaban J connectivity index is 1.57. The summed E-state index contributed by atoms with van der Waals surface area (Å²) in [7, 11) is 0. The third kappa shape index (κ3) is 7.33. The Morgan fingerprint density at radius 3 is 1.38 bits per heavy atom. The van der Waals surface area contributed by atoms with Gasteiger partial charge in [0.15, 0.2) is 0 Å². The van der Waals surface area contributed by atoms with E-state index in [0.717, 1.165) is 0 Å². The highest BCUT2D eigenvalue weighted by molar-refractivity contribution is 7.29. The fourth-order valence-corrected chi connectivity index (χ4v) is 11.9. The van der Waals surface area contributed by atoms with Crippen molar-refractivity contribution in [2.45, 2.75) is 189 Å². The summed E-state index contributed by atoms with van der Waals surface area (Å²) in [6.07, 6.45) is 2.37. The van der Waals surface area contributed by atoms with Crippen LogP contribution in [0, 0.1) is 6.92 Å². The maximum Gasteiger partial charge on any atom is 0.264 e. The van der Waals surface area contributed by atoms with Gasteiger partial charge in [0.05, 0.1) is 5.69 Å². The number of anilines is 6. The minimum atomic E-state index is -0.0134. The van der Waals surface area contributed by atoms with Gasteiger partial charge in [0, 0.05) is 38.1 Å². The summed E-state index contributed by atoms with van der Waals surface area (Å²) in [5, 5.41) is 0. The molecule has 0 saturated carbocycles. The summed E-state index contributed by atoms with van der Waals surface area (Å²) in [4.78, 5) is 7.01. The van der Waals surface area contributed by atoms with Crippen LogP contribution in [-0.4, -0.2) is 6.71 Å². The van der Waals surface area contributed by atoms with E-state index in [2.05, 4.69) is 226 Å². The SMILES string of the molecule is Cc1cc2c3c(c1)N(c1cc(C(C)(C)C)cc(C(C)(C)C)c1)c1c(sc4c1C(C)(C)CCC4(C)C)B3c1cc(C(C)(C)C)ccc1N2c1cc(C(C)(C)C)cc(C(C)(C)C)c1. The average Bonchev–Trinajstić information content (AvgIpc) is 3.54. The summed E-state index contributed by atoms with van der Waals surface area (Å²) >= 11 is 2.13. The van der Waals surface area contributed by atoms with E-state index < -0.39 is 0 Å². The molecule has 0 amide bonds. The molecule has 1 aliphatic carbocycles. The van der Waals surface area contributed by atoms with Crippen molar-refractivity contribution < 1.29 is 0 Å². The number of fused-ring (bicyclic) bond motifs is 6. The van der Waals surface area contributed by atoms with E-state index in [1.807, 2.05) is 0 Å². The van der Waals surface area contributed by atoms with E-state index in [9.17, 15) is 0 Å². The molecule has 0 spiro atoms. The van der Waals surface area contributed by atoms with E-state index in [4.69, 9.17) is 0 Å². The first-order chi connectivity index (χ1) is 27.8. The van der Waals surface area contributed by atoms with Crippen molar-refractivity contribution in [2.24, 2.45) is 0 Å². The Hall–Kier alpha value is -3.76. The first-order valence-electron chi connectivity index (χ1n) is 23.2. The van der Waals surface area contributed by atoms with Gasteiger partial charge < -0.3 is 9.80 Å². The van der Waals surface area contributed by atoms with E-state index in [-0.39, 0.29) is 44.6 Å². The molecule has 4 heteroatoms. The molecule has 0 saturated heterocycles. The number of thiophene rings is 1. The van der Waals surface area contributed by atoms with E-state index in [1.54, 1.807) is 10.4 Å². The van der Waals surface area contributed by atoms with Crippen LogP contribution in [0.5, 0.6) is 0 Å². The summed E-state index contributed by atoms with van der Waals surface area (Å²) in [6, 6.07) is 27.5. The fraction of sp³-hybridized carbons (Fsp3) is 0.509. The van der Waals surface area contributed by atoms with E-state index in [0.29, 0.717) is 0 Å². The van der Waals surface area contributed by atoms with Crippen LogP contribution in [0.4, 0.5) is 34.1 Å². The Bertz CT molecular complexity index is 2520. The van der Waals surface area contributed by atoms with Crippen LogP contribution in [0.3, 0.4) is 0 Å². The lowest BCUT2D eigenvalue weighted by Crippen LogP contribution is -2.61. The molecule has 2 aliphatic heterocycles. The Morgan fingerprint density at radius 1 is 0.492 bits per heavy atom. The Labute approximate surface area is 375 Å². The summed E-state index contributed by atoms with van der Waals surface area (Å²) in [6.45, 7) is 48.1. The van der Waals surface area contributed by atoms with Gasteiger partial charge >= 0.3 is 0 Å². The summed E-state index contributed by atoms with van der Waals surface area (Å²) in [5.41, 5.74) is 20.6. The Kier molecular flexibility index (Phi) is 9.80. The monoisotopic (exact) mass is 831 g/mol. The predicted octanol–water partition coefficient (Wildman–Crippen LogP) is 15.0. The van der Waals surface area contributed by atoms with Gasteiger partial charge in [0.2, 0.25) is 0 Å². The van der Waals surface area contributed by atoms with Gasteiger partial charge in [-0.05, 0) is 150 Å². The molecular weight excluding hydrogens is 756 g/mol. The number of aryl methyl sites for hydroxylation is 1. The van der Waals surface area contributed by atoms with Crippen LogP contribution in [0.1, 0.15) is 188 Å². The molecule has 0 atom stereocenters. The standard InChI is InChI=1S/C57H75BN2S/c1-34-25-44-47-45(26-34)60(41-31-38(54(11,12)13)28-39(32-41)55(14,15)16)48-46-49(57(19,20)24-23-56(46,17)18)61-50(48)58(47)42-33-35(51(2,3)4)21-22-43(42)59(44)40-29-36(52(5,6)7)27-37(30-40)53(8,9)10/h21-22,25-33H,23-24H2,1-20H3. The second-order valence-corrected chi connectivity index (χ2v) is 26.7. The van der Waals surface area contributed by atoms with E-state index >= 15 is 0 Å². The van der Waals surface area contributed by atoms with Gasteiger partial charge in [-0.3, -0.25) is 0 Å². The zero-order valence-corrected chi connectivity index (χ0v) is 42.5. The fourth-order valence-electron chi connectivity index (χ4n) is 10.1. The highest BCUT2D eigenvalue weighted by Crippen LogP contribution is 2.57. The molecule has 2 nitrogen and oxygen atoms in total. The molecule has 3 heterocycles. The first-order valence-corrected chi connectivity index (χ1v) is 24.0. The van der Waals surface area contributed by atoms with Crippen LogP contribution in [0.15, 0.2) is 66.7 Å². The zero-order valence-electron chi connectivity index (χ0n) is 41.6. The lowest BCUT2D eigenvalue weighted by molar-refractivity contribution is 0.339. The lowest BCUT2D eigenvalue weighted by Gasteiger charge is -2.46. The molecule has 0 bridgehead atoms. The molecule has 8 rings (SSSR count). The minimum absolute atomic E-state index is 0.000747. The number of hydrogen-bond acceptors (Lipinski definition) is 3. The van der Waals surface area contributed by atoms with Gasteiger partial charge in [-0.1, -0.05) is 156 Å². The molecule has 0 fully saturated rings. The smallest absolute Gasteiger partial charge is 0.264 e. The largest absolute Gasteiger partial charge is 0.311 e.